The molecule has 144 valence electrons. The van der Waals surface area contributed by atoms with Gasteiger partial charge >= 0.3 is 11.8 Å². The summed E-state index contributed by atoms with van der Waals surface area (Å²) in [7, 11) is 0. The fourth-order valence-electron chi connectivity index (χ4n) is 2.29. The van der Waals surface area contributed by atoms with E-state index in [1.165, 1.54) is 18.2 Å². The maximum Gasteiger partial charge on any atom is 0.421 e. The number of imide groups is 3. The van der Waals surface area contributed by atoms with Crippen molar-refractivity contribution < 1.29 is 34.1 Å². The zero-order valence-corrected chi connectivity index (χ0v) is 14.1. The highest BCUT2D eigenvalue weighted by Crippen LogP contribution is 2.33. The molecule has 28 heavy (non-hydrogen) atoms. The van der Waals surface area contributed by atoms with Gasteiger partial charge in [0.05, 0.1) is 28.9 Å². The summed E-state index contributed by atoms with van der Waals surface area (Å²) >= 11 is 0.233. The minimum atomic E-state index is -1.76. The number of H-pyrrole nitrogens is 2. The number of benzene rings is 1. The van der Waals surface area contributed by atoms with Gasteiger partial charge in [-0.25, -0.2) is 14.8 Å². The van der Waals surface area contributed by atoms with Crippen LogP contribution in [0.2, 0.25) is 0 Å². The van der Waals surface area contributed by atoms with Crippen LogP contribution in [0.25, 0.3) is 0 Å². The molecule has 2 aromatic rings. The van der Waals surface area contributed by atoms with Gasteiger partial charge in [0.25, 0.3) is 17.4 Å². The van der Waals surface area contributed by atoms with Crippen LogP contribution >= 0.6 is 12.0 Å². The summed E-state index contributed by atoms with van der Waals surface area (Å²) in [6, 6.07) is 3.83. The number of hydrogen-bond donors (Lipinski definition) is 4. The Morgan fingerprint density at radius 1 is 1.11 bits per heavy atom. The lowest BCUT2D eigenvalue weighted by Gasteiger charge is -2.05. The summed E-state index contributed by atoms with van der Waals surface area (Å²) < 4.78 is 4.14. The molecule has 2 heterocycles. The number of fused-ring (bicyclic) bond motifs is 1. The first-order valence-corrected chi connectivity index (χ1v) is 7.77. The van der Waals surface area contributed by atoms with Crippen LogP contribution in [0.1, 0.15) is 20.7 Å². The summed E-state index contributed by atoms with van der Waals surface area (Å²) in [6.45, 7) is 0. The van der Waals surface area contributed by atoms with E-state index >= 15 is 0 Å². The normalized spacial score (nSPS) is 13.4. The molecule has 0 fully saturated rings. The molecule has 0 atom stereocenters. The highest BCUT2D eigenvalue weighted by Gasteiger charge is 2.41. The molecule has 1 aliphatic heterocycles. The van der Waals surface area contributed by atoms with Crippen molar-refractivity contribution >= 4 is 41.3 Å². The Kier molecular flexibility index (Phi) is 5.14. The second kappa shape index (κ2) is 7.53. The molecular formula is C13H7N5O9S. The highest BCUT2D eigenvalue weighted by atomic mass is 32.2. The number of aromatic nitrogens is 2. The van der Waals surface area contributed by atoms with Crippen molar-refractivity contribution in [1.29, 1.82) is 0 Å². The lowest BCUT2D eigenvalue weighted by atomic mass is 10.1. The van der Waals surface area contributed by atoms with Gasteiger partial charge in [-0.1, -0.05) is 11.1 Å². The van der Waals surface area contributed by atoms with Gasteiger partial charge in [-0.05, 0) is 12.1 Å². The monoisotopic (exact) mass is 409 g/mol. The number of carbonyl (C=O) groups excluding carboxylic acids is 2. The number of hydrogen-bond acceptors (Lipinski definition) is 11. The van der Waals surface area contributed by atoms with Crippen molar-refractivity contribution in [3.05, 3.63) is 50.2 Å². The average Bonchev–Trinajstić information content (AvgIpc) is 2.90. The van der Waals surface area contributed by atoms with Crippen LogP contribution < -0.4 is 11.2 Å². The molecule has 15 heteroatoms. The van der Waals surface area contributed by atoms with Gasteiger partial charge < -0.3 is 5.11 Å². The zero-order valence-electron chi connectivity index (χ0n) is 13.2. The minimum Gasteiger partial charge on any atom is -0.464 e. The van der Waals surface area contributed by atoms with Crippen LogP contribution in [-0.4, -0.2) is 43.1 Å². The van der Waals surface area contributed by atoms with Gasteiger partial charge in [0.1, 0.15) is 5.03 Å². The van der Waals surface area contributed by atoms with E-state index in [4.69, 9.17) is 10.4 Å². The average molecular weight is 409 g/mol. The van der Waals surface area contributed by atoms with Crippen LogP contribution in [0.4, 0.5) is 16.2 Å². The first-order valence-electron chi connectivity index (χ1n) is 7.03. The second-order valence-electron chi connectivity index (χ2n) is 4.94. The van der Waals surface area contributed by atoms with Crippen LogP contribution in [0.3, 0.4) is 0 Å². The number of rotatable bonds is 5. The first-order chi connectivity index (χ1) is 13.3. The quantitative estimate of drug-likeness (QED) is 0.139. The van der Waals surface area contributed by atoms with Gasteiger partial charge in [0.15, 0.2) is 5.69 Å². The minimum absolute atomic E-state index is 0.0181. The van der Waals surface area contributed by atoms with Gasteiger partial charge in [0, 0.05) is 0 Å². The van der Waals surface area contributed by atoms with E-state index in [2.05, 4.69) is 24.6 Å². The standard InChI is InChI=1S/C13H7N5O9S/c19-8-7(9(28-27-26-25)15-12(22)14-8)17-16-5-3-1-2-4-6(5)11(21)18(10(4)20)13(23)24/h1-3,25H,(H,23,24)(H2,14,15,19,22). The molecular weight excluding hydrogens is 402 g/mol. The number of carboxylic acid groups (broad SMARTS) is 1. The van der Waals surface area contributed by atoms with Gasteiger partial charge in [-0.2, -0.15) is 4.90 Å². The molecule has 3 rings (SSSR count). The van der Waals surface area contributed by atoms with Crippen molar-refractivity contribution in [1.82, 2.24) is 14.9 Å². The number of nitrogens with one attached hydrogen (secondary N) is 2. The van der Waals surface area contributed by atoms with E-state index in [9.17, 15) is 24.0 Å². The Bertz CT molecular complexity index is 1140. The third-order valence-corrected chi connectivity index (χ3v) is 3.96. The highest BCUT2D eigenvalue weighted by molar-refractivity contribution is 7.94. The third-order valence-electron chi connectivity index (χ3n) is 3.37. The second-order valence-corrected chi connectivity index (χ2v) is 5.65. The van der Waals surface area contributed by atoms with E-state index in [1.54, 1.807) is 0 Å². The molecule has 0 saturated heterocycles. The van der Waals surface area contributed by atoms with E-state index in [1.807, 2.05) is 4.98 Å². The lowest BCUT2D eigenvalue weighted by molar-refractivity contribution is -0.432. The molecule has 0 spiro atoms. The molecule has 0 bridgehead atoms. The van der Waals surface area contributed by atoms with Crippen molar-refractivity contribution in [2.75, 3.05) is 0 Å². The molecule has 14 nitrogen and oxygen atoms in total. The molecule has 0 aliphatic carbocycles. The van der Waals surface area contributed by atoms with Crippen molar-refractivity contribution in [2.24, 2.45) is 10.2 Å². The smallest absolute Gasteiger partial charge is 0.421 e. The first kappa shape index (κ1) is 19.1. The van der Waals surface area contributed by atoms with Crippen molar-refractivity contribution in [2.45, 2.75) is 5.03 Å². The topological polar surface area (TPSA) is 204 Å². The van der Waals surface area contributed by atoms with E-state index in [0.717, 1.165) is 0 Å². The summed E-state index contributed by atoms with van der Waals surface area (Å²) in [5, 5.41) is 27.6. The Labute approximate surface area is 156 Å². The summed E-state index contributed by atoms with van der Waals surface area (Å²) in [5.41, 5.74) is -3.09. The SMILES string of the molecule is O=C(O)N1C(=O)c2cccc(N=Nc3c(SOOO)[nH]c(=O)[nH]c3=O)c2C1=O. The number of carbonyl (C=O) groups is 3. The van der Waals surface area contributed by atoms with Crippen LogP contribution in [0.15, 0.2) is 43.0 Å². The number of azo groups is 1. The van der Waals surface area contributed by atoms with E-state index in [0.29, 0.717) is 0 Å². The predicted molar refractivity (Wildman–Crippen MR) is 87.5 cm³/mol. The number of nitrogens with zero attached hydrogens (tertiary/aromatic N) is 3. The molecule has 0 radical (unpaired) electrons. The summed E-state index contributed by atoms with van der Waals surface area (Å²) in [6.07, 6.45) is -1.76. The van der Waals surface area contributed by atoms with Crippen molar-refractivity contribution in [3.8, 4) is 0 Å². The number of amides is 3. The summed E-state index contributed by atoms with van der Waals surface area (Å²) in [4.78, 5) is 62.7. The molecule has 1 aromatic carbocycles. The van der Waals surface area contributed by atoms with Gasteiger partial charge in [-0.15, -0.1) is 14.6 Å². The molecule has 4 N–H and O–H groups in total. The van der Waals surface area contributed by atoms with E-state index < -0.39 is 34.8 Å². The fraction of sp³-hybridized carbons (Fsp3) is 0. The van der Waals surface area contributed by atoms with E-state index in [-0.39, 0.29) is 38.8 Å². The largest absolute Gasteiger partial charge is 0.464 e. The maximum atomic E-state index is 12.2. The fourth-order valence-corrected chi connectivity index (χ4v) is 2.73. The third kappa shape index (κ3) is 3.32. The van der Waals surface area contributed by atoms with Crippen LogP contribution in [0.5, 0.6) is 0 Å². The van der Waals surface area contributed by atoms with Crippen LogP contribution in [-0.2, 0) is 9.37 Å². The molecule has 1 aromatic heterocycles. The van der Waals surface area contributed by atoms with Crippen LogP contribution in [0, 0.1) is 0 Å². The van der Waals surface area contributed by atoms with Gasteiger partial charge in [0.2, 0.25) is 0 Å². The maximum absolute atomic E-state index is 12.2. The Morgan fingerprint density at radius 2 is 1.86 bits per heavy atom. The Balaban J connectivity index is 2.07. The number of aromatic amines is 2. The van der Waals surface area contributed by atoms with Crippen molar-refractivity contribution in [3.63, 3.8) is 0 Å². The summed E-state index contributed by atoms with van der Waals surface area (Å²) in [5.74, 6) is -2.17. The Hall–Kier alpha value is -3.66. The molecule has 3 amide bonds. The molecule has 0 saturated carbocycles. The lowest BCUT2D eigenvalue weighted by Crippen LogP contribution is -2.34. The predicted octanol–water partition coefficient (Wildman–Crippen LogP) is 1.18. The van der Waals surface area contributed by atoms with Gasteiger partial charge in [-0.3, -0.25) is 24.4 Å². The Morgan fingerprint density at radius 3 is 2.54 bits per heavy atom. The zero-order chi connectivity index (χ0) is 20.4. The molecule has 1 aliphatic rings. The molecule has 0 unspecified atom stereocenters.